The van der Waals surface area contributed by atoms with Gasteiger partial charge in [-0.05, 0) is 37.1 Å². The van der Waals surface area contributed by atoms with E-state index in [2.05, 4.69) is 15.2 Å². The minimum absolute atomic E-state index is 0.342. The Bertz CT molecular complexity index is 979. The first-order valence-corrected chi connectivity index (χ1v) is 7.98. The van der Waals surface area contributed by atoms with Crippen LogP contribution in [0.1, 0.15) is 22.8 Å². The van der Waals surface area contributed by atoms with Gasteiger partial charge in [0.1, 0.15) is 11.6 Å². The largest absolute Gasteiger partial charge is 0.417 e. The topological polar surface area (TPSA) is 43.6 Å². The molecule has 128 valence electrons. The van der Waals surface area contributed by atoms with Crippen molar-refractivity contribution < 1.29 is 13.2 Å². The number of benzene rings is 1. The summed E-state index contributed by atoms with van der Waals surface area (Å²) >= 11 is 6.39. The Kier molecular flexibility index (Phi) is 3.57. The lowest BCUT2D eigenvalue weighted by Gasteiger charge is -2.21. The average Bonchev–Trinajstić information content (AvgIpc) is 2.95. The zero-order chi connectivity index (χ0) is 17.8. The summed E-state index contributed by atoms with van der Waals surface area (Å²) in [5.41, 5.74) is 1.95. The first kappa shape index (κ1) is 16.1. The maximum atomic E-state index is 12.9. The number of alkyl halides is 3. The normalized spacial score (nSPS) is 13.5. The third-order valence-corrected chi connectivity index (χ3v) is 4.61. The number of hydrogen-bond acceptors (Lipinski definition) is 3. The van der Waals surface area contributed by atoms with Crippen molar-refractivity contribution in [1.29, 1.82) is 0 Å². The number of pyridine rings is 1. The van der Waals surface area contributed by atoms with E-state index < -0.39 is 11.7 Å². The molecule has 0 spiro atoms. The Morgan fingerprint density at radius 3 is 2.64 bits per heavy atom. The van der Waals surface area contributed by atoms with Crippen LogP contribution in [0.5, 0.6) is 0 Å². The second kappa shape index (κ2) is 5.56. The molecule has 2 aromatic heterocycles. The molecule has 1 aliphatic heterocycles. The molecule has 0 aliphatic carbocycles. The van der Waals surface area contributed by atoms with Crippen LogP contribution < -0.4 is 0 Å². The minimum Gasteiger partial charge on any atom is -0.283 e. The van der Waals surface area contributed by atoms with Gasteiger partial charge in [0.2, 0.25) is 0 Å². The van der Waals surface area contributed by atoms with E-state index in [1.165, 1.54) is 6.20 Å². The molecular formula is C17H12ClF3N4. The van der Waals surface area contributed by atoms with E-state index in [9.17, 15) is 13.2 Å². The van der Waals surface area contributed by atoms with Gasteiger partial charge in [0.15, 0.2) is 0 Å². The first-order valence-electron chi connectivity index (χ1n) is 7.61. The SMILES string of the molecule is Cc1nnc2n1-c1cc(Cl)c(-c3cncc(C(F)(F)F)c3)cc1CC2. The summed E-state index contributed by atoms with van der Waals surface area (Å²) in [7, 11) is 0. The van der Waals surface area contributed by atoms with Gasteiger partial charge in [0.25, 0.3) is 0 Å². The molecule has 0 unspecified atom stereocenters. The van der Waals surface area contributed by atoms with Crippen molar-refractivity contribution in [3.05, 3.63) is 58.4 Å². The number of hydrogen-bond donors (Lipinski definition) is 0. The molecule has 1 aromatic carbocycles. The summed E-state index contributed by atoms with van der Waals surface area (Å²) in [5, 5.41) is 8.58. The standard InChI is InChI=1S/C17H12ClF3N4/c1-9-23-24-16-3-2-10-5-13(14(18)6-15(10)25(9)16)11-4-12(8-22-7-11)17(19,20)21/h4-8H,2-3H2,1H3. The highest BCUT2D eigenvalue weighted by Crippen LogP contribution is 2.37. The molecule has 0 radical (unpaired) electrons. The van der Waals surface area contributed by atoms with Gasteiger partial charge in [-0.2, -0.15) is 13.2 Å². The van der Waals surface area contributed by atoms with E-state index in [1.807, 2.05) is 17.6 Å². The molecule has 0 saturated heterocycles. The number of rotatable bonds is 1. The molecule has 4 rings (SSSR count). The summed E-state index contributed by atoms with van der Waals surface area (Å²) in [4.78, 5) is 3.72. The molecule has 0 N–H and O–H groups in total. The Hall–Kier alpha value is -2.41. The van der Waals surface area contributed by atoms with Gasteiger partial charge in [-0.3, -0.25) is 9.55 Å². The molecule has 0 atom stereocenters. The first-order chi connectivity index (χ1) is 11.8. The molecule has 8 heteroatoms. The van der Waals surface area contributed by atoms with Crippen LogP contribution in [0.2, 0.25) is 5.02 Å². The summed E-state index contributed by atoms with van der Waals surface area (Å²) in [6.45, 7) is 1.85. The van der Waals surface area contributed by atoms with Crippen LogP contribution in [0, 0.1) is 6.92 Å². The molecule has 3 heterocycles. The van der Waals surface area contributed by atoms with Gasteiger partial charge in [0.05, 0.1) is 16.3 Å². The quantitative estimate of drug-likeness (QED) is 0.642. The maximum Gasteiger partial charge on any atom is 0.417 e. The van der Waals surface area contributed by atoms with Gasteiger partial charge in [-0.15, -0.1) is 10.2 Å². The van der Waals surface area contributed by atoms with Gasteiger partial charge >= 0.3 is 6.18 Å². The fourth-order valence-corrected chi connectivity index (χ4v) is 3.37. The van der Waals surface area contributed by atoms with Crippen molar-refractivity contribution in [3.63, 3.8) is 0 Å². The van der Waals surface area contributed by atoms with Crippen LogP contribution in [-0.2, 0) is 19.0 Å². The summed E-state index contributed by atoms with van der Waals surface area (Å²) < 4.78 is 40.8. The zero-order valence-electron chi connectivity index (χ0n) is 13.1. The van der Waals surface area contributed by atoms with E-state index >= 15 is 0 Å². The molecule has 0 saturated carbocycles. The Labute approximate surface area is 146 Å². The lowest BCUT2D eigenvalue weighted by molar-refractivity contribution is -0.137. The van der Waals surface area contributed by atoms with E-state index in [0.29, 0.717) is 16.1 Å². The molecule has 0 bridgehead atoms. The Morgan fingerprint density at radius 2 is 1.88 bits per heavy atom. The number of aryl methyl sites for hydroxylation is 3. The summed E-state index contributed by atoms with van der Waals surface area (Å²) in [6, 6.07) is 4.65. The molecule has 1 aliphatic rings. The molecule has 25 heavy (non-hydrogen) atoms. The second-order valence-corrected chi connectivity index (χ2v) is 6.33. The highest BCUT2D eigenvalue weighted by molar-refractivity contribution is 6.33. The fourth-order valence-electron chi connectivity index (χ4n) is 3.11. The molecule has 4 nitrogen and oxygen atoms in total. The van der Waals surface area contributed by atoms with Crippen LogP contribution in [0.15, 0.2) is 30.6 Å². The van der Waals surface area contributed by atoms with Crippen LogP contribution in [-0.4, -0.2) is 19.7 Å². The smallest absolute Gasteiger partial charge is 0.283 e. The summed E-state index contributed by atoms with van der Waals surface area (Å²) in [5.74, 6) is 1.61. The zero-order valence-corrected chi connectivity index (χ0v) is 13.9. The lowest BCUT2D eigenvalue weighted by Crippen LogP contribution is -2.13. The van der Waals surface area contributed by atoms with Crippen molar-refractivity contribution in [2.24, 2.45) is 0 Å². The van der Waals surface area contributed by atoms with E-state index in [0.717, 1.165) is 48.0 Å². The van der Waals surface area contributed by atoms with Gasteiger partial charge in [-0.25, -0.2) is 0 Å². The predicted octanol–water partition coefficient (Wildman–Crippen LogP) is 4.41. The van der Waals surface area contributed by atoms with E-state index in [-0.39, 0.29) is 0 Å². The molecule has 0 fully saturated rings. The Morgan fingerprint density at radius 1 is 1.08 bits per heavy atom. The number of aromatic nitrogens is 4. The average molecular weight is 365 g/mol. The van der Waals surface area contributed by atoms with Crippen molar-refractivity contribution in [2.75, 3.05) is 0 Å². The van der Waals surface area contributed by atoms with Crippen LogP contribution in [0.25, 0.3) is 16.8 Å². The van der Waals surface area contributed by atoms with E-state index in [4.69, 9.17) is 11.6 Å². The minimum atomic E-state index is -4.45. The van der Waals surface area contributed by atoms with Gasteiger partial charge < -0.3 is 0 Å². The Balaban J connectivity index is 1.86. The van der Waals surface area contributed by atoms with Crippen molar-refractivity contribution in [3.8, 4) is 16.8 Å². The molecule has 0 amide bonds. The third-order valence-electron chi connectivity index (χ3n) is 4.30. The molecular weight excluding hydrogens is 353 g/mol. The van der Waals surface area contributed by atoms with Crippen LogP contribution >= 0.6 is 11.6 Å². The van der Waals surface area contributed by atoms with Crippen molar-refractivity contribution >= 4 is 11.6 Å². The highest BCUT2D eigenvalue weighted by atomic mass is 35.5. The molecule has 3 aromatic rings. The number of nitrogens with zero attached hydrogens (tertiary/aromatic N) is 4. The van der Waals surface area contributed by atoms with Crippen molar-refractivity contribution in [1.82, 2.24) is 19.7 Å². The predicted molar refractivity (Wildman–Crippen MR) is 86.7 cm³/mol. The van der Waals surface area contributed by atoms with Crippen LogP contribution in [0.4, 0.5) is 13.2 Å². The van der Waals surface area contributed by atoms with Crippen molar-refractivity contribution in [2.45, 2.75) is 25.9 Å². The monoisotopic (exact) mass is 364 g/mol. The van der Waals surface area contributed by atoms with Crippen LogP contribution in [0.3, 0.4) is 0 Å². The third kappa shape index (κ3) is 2.68. The lowest BCUT2D eigenvalue weighted by atomic mass is 9.97. The van der Waals surface area contributed by atoms with E-state index in [1.54, 1.807) is 6.07 Å². The summed E-state index contributed by atoms with van der Waals surface area (Å²) in [6.07, 6.45) is -0.804. The number of fused-ring (bicyclic) bond motifs is 3. The van der Waals surface area contributed by atoms with Gasteiger partial charge in [0, 0.05) is 29.9 Å². The maximum absolute atomic E-state index is 12.9. The number of halogens is 4. The van der Waals surface area contributed by atoms with Gasteiger partial charge in [-0.1, -0.05) is 11.6 Å². The highest BCUT2D eigenvalue weighted by Gasteiger charge is 2.31. The second-order valence-electron chi connectivity index (χ2n) is 5.92. The fraction of sp³-hybridized carbons (Fsp3) is 0.235.